The van der Waals surface area contributed by atoms with Crippen molar-refractivity contribution in [2.45, 2.75) is 0 Å². The van der Waals surface area contributed by atoms with Crippen molar-refractivity contribution < 1.29 is 0 Å². The van der Waals surface area contributed by atoms with Crippen molar-refractivity contribution >= 4 is 63.3 Å². The lowest BCUT2D eigenvalue weighted by molar-refractivity contribution is 1.17. The van der Waals surface area contributed by atoms with Crippen LogP contribution in [-0.4, -0.2) is 14.5 Å². The summed E-state index contributed by atoms with van der Waals surface area (Å²) < 4.78 is 7.80. The zero-order valence-electron chi connectivity index (χ0n) is 22.9. The lowest BCUT2D eigenvalue weighted by atomic mass is 10.1. The third-order valence-corrected chi connectivity index (χ3v) is 10.5. The molecule has 0 aliphatic carbocycles. The summed E-state index contributed by atoms with van der Waals surface area (Å²) in [6.45, 7) is 0. The van der Waals surface area contributed by atoms with E-state index >= 15 is 0 Å². The number of thiophene rings is 2. The SMILES string of the molecule is c1ccc(-c2cc(-c3ccccc3)nc(-c3ccc(-n4c5c6ccccc6sc5c5sc6ccccc6c54)cc3)n2)cc1. The molecule has 0 aliphatic rings. The van der Waals surface area contributed by atoms with Crippen LogP contribution in [0, 0.1) is 0 Å². The third-order valence-electron chi connectivity index (χ3n) is 8.04. The predicted octanol–water partition coefficient (Wildman–Crippen LogP) is 11.0. The van der Waals surface area contributed by atoms with Crippen molar-refractivity contribution in [1.82, 2.24) is 14.5 Å². The quantitative estimate of drug-likeness (QED) is 0.206. The van der Waals surface area contributed by atoms with Gasteiger partial charge in [-0.15, -0.1) is 22.7 Å². The molecule has 0 N–H and O–H groups in total. The van der Waals surface area contributed by atoms with Crippen LogP contribution in [0.1, 0.15) is 0 Å². The van der Waals surface area contributed by atoms with Gasteiger partial charge in [-0.2, -0.15) is 0 Å². The molecule has 5 heteroatoms. The molecule has 0 bridgehead atoms. The highest BCUT2D eigenvalue weighted by atomic mass is 32.1. The lowest BCUT2D eigenvalue weighted by Crippen LogP contribution is -1.97. The maximum Gasteiger partial charge on any atom is 0.160 e. The molecule has 202 valence electrons. The molecule has 0 saturated heterocycles. The van der Waals surface area contributed by atoms with Crippen LogP contribution in [-0.2, 0) is 0 Å². The van der Waals surface area contributed by atoms with Crippen LogP contribution in [0.4, 0.5) is 0 Å². The lowest BCUT2D eigenvalue weighted by Gasteiger charge is -2.11. The molecular formula is C38H23N3S2. The number of hydrogen-bond acceptors (Lipinski definition) is 4. The minimum atomic E-state index is 0.719. The number of hydrogen-bond donors (Lipinski definition) is 0. The third kappa shape index (κ3) is 3.93. The largest absolute Gasteiger partial charge is 0.306 e. The highest BCUT2D eigenvalue weighted by Crippen LogP contribution is 2.48. The van der Waals surface area contributed by atoms with Crippen molar-refractivity contribution in [2.75, 3.05) is 0 Å². The highest BCUT2D eigenvalue weighted by Gasteiger charge is 2.21. The van der Waals surface area contributed by atoms with Gasteiger partial charge < -0.3 is 4.57 Å². The van der Waals surface area contributed by atoms with Gasteiger partial charge >= 0.3 is 0 Å². The Morgan fingerprint density at radius 2 is 0.907 bits per heavy atom. The second-order valence-corrected chi connectivity index (χ2v) is 12.7. The Kier molecular flexibility index (Phi) is 5.54. The molecule has 9 rings (SSSR count). The van der Waals surface area contributed by atoms with E-state index in [9.17, 15) is 0 Å². The van der Waals surface area contributed by atoms with Crippen molar-refractivity contribution in [3.05, 3.63) is 140 Å². The molecule has 0 unspecified atom stereocenters. The number of aromatic nitrogens is 3. The van der Waals surface area contributed by atoms with Crippen LogP contribution in [0.15, 0.2) is 140 Å². The van der Waals surface area contributed by atoms with Gasteiger partial charge in [0.1, 0.15) is 0 Å². The first-order valence-electron chi connectivity index (χ1n) is 14.3. The molecule has 4 heterocycles. The summed E-state index contributed by atoms with van der Waals surface area (Å²) in [5.74, 6) is 0.719. The average molecular weight is 586 g/mol. The first kappa shape index (κ1) is 24.5. The Morgan fingerprint density at radius 1 is 0.442 bits per heavy atom. The van der Waals surface area contributed by atoms with E-state index in [2.05, 4.69) is 132 Å². The van der Waals surface area contributed by atoms with E-state index in [1.165, 1.54) is 40.6 Å². The van der Waals surface area contributed by atoms with E-state index < -0.39 is 0 Å². The maximum absolute atomic E-state index is 5.04. The fourth-order valence-corrected chi connectivity index (χ4v) is 8.54. The molecule has 0 spiro atoms. The summed E-state index contributed by atoms with van der Waals surface area (Å²) in [4.78, 5) is 10.1. The van der Waals surface area contributed by atoms with Crippen LogP contribution in [0.2, 0.25) is 0 Å². The molecule has 43 heavy (non-hydrogen) atoms. The average Bonchev–Trinajstić information content (AvgIpc) is 3.74. The van der Waals surface area contributed by atoms with E-state index in [1.54, 1.807) is 0 Å². The van der Waals surface area contributed by atoms with Gasteiger partial charge in [-0.25, -0.2) is 9.97 Å². The van der Waals surface area contributed by atoms with Gasteiger partial charge in [0.15, 0.2) is 5.82 Å². The van der Waals surface area contributed by atoms with Gasteiger partial charge in [0, 0.05) is 42.6 Å². The maximum atomic E-state index is 5.04. The van der Waals surface area contributed by atoms with Gasteiger partial charge in [0.2, 0.25) is 0 Å². The van der Waals surface area contributed by atoms with E-state index in [1.807, 2.05) is 34.8 Å². The Labute approximate surface area is 256 Å². The standard InChI is InChI=1S/C38H23N3S2/c1-3-11-24(12-4-1)30-23-31(25-13-5-2-6-14-25)40-38(39-30)26-19-21-27(22-20-26)41-34-28-15-7-9-17-32(28)42-36(34)37-35(41)29-16-8-10-18-33(29)43-37/h1-23H. The molecule has 0 fully saturated rings. The molecule has 5 aromatic carbocycles. The summed E-state index contributed by atoms with van der Waals surface area (Å²) in [6, 6.07) is 49.0. The smallest absolute Gasteiger partial charge is 0.160 e. The predicted molar refractivity (Wildman–Crippen MR) is 183 cm³/mol. The zero-order valence-corrected chi connectivity index (χ0v) is 24.6. The summed E-state index contributed by atoms with van der Waals surface area (Å²) in [5, 5.41) is 2.59. The molecular weight excluding hydrogens is 563 g/mol. The number of fused-ring (bicyclic) bond motifs is 7. The van der Waals surface area contributed by atoms with Crippen molar-refractivity contribution in [3.8, 4) is 39.6 Å². The van der Waals surface area contributed by atoms with E-state index in [0.717, 1.165) is 39.6 Å². The Balaban J connectivity index is 1.24. The van der Waals surface area contributed by atoms with E-state index in [4.69, 9.17) is 9.97 Å². The van der Waals surface area contributed by atoms with Crippen LogP contribution in [0.25, 0.3) is 80.2 Å². The van der Waals surface area contributed by atoms with Gasteiger partial charge in [0.05, 0.1) is 31.8 Å². The highest BCUT2D eigenvalue weighted by molar-refractivity contribution is 7.33. The summed E-state index contributed by atoms with van der Waals surface area (Å²) in [5.41, 5.74) is 8.68. The van der Waals surface area contributed by atoms with E-state index in [0.29, 0.717) is 0 Å². The Hall–Kier alpha value is -5.10. The van der Waals surface area contributed by atoms with E-state index in [-0.39, 0.29) is 0 Å². The summed E-state index contributed by atoms with van der Waals surface area (Å²) in [6.07, 6.45) is 0. The second-order valence-electron chi connectivity index (χ2n) is 10.6. The summed E-state index contributed by atoms with van der Waals surface area (Å²) in [7, 11) is 0. The Morgan fingerprint density at radius 3 is 1.42 bits per heavy atom. The zero-order chi connectivity index (χ0) is 28.3. The van der Waals surface area contributed by atoms with Crippen molar-refractivity contribution in [2.24, 2.45) is 0 Å². The fourth-order valence-electron chi connectivity index (χ4n) is 6.04. The minimum Gasteiger partial charge on any atom is -0.306 e. The van der Waals surface area contributed by atoms with Crippen molar-refractivity contribution in [3.63, 3.8) is 0 Å². The van der Waals surface area contributed by atoms with Gasteiger partial charge in [-0.1, -0.05) is 97.1 Å². The second kappa shape index (κ2) is 9.73. The molecule has 4 aromatic heterocycles. The molecule has 0 saturated carbocycles. The fraction of sp³-hybridized carbons (Fsp3) is 0. The van der Waals surface area contributed by atoms with Gasteiger partial charge in [0.25, 0.3) is 0 Å². The van der Waals surface area contributed by atoms with Crippen LogP contribution >= 0.6 is 22.7 Å². The summed E-state index contributed by atoms with van der Waals surface area (Å²) >= 11 is 3.78. The molecule has 0 aliphatic heterocycles. The minimum absolute atomic E-state index is 0.719. The molecule has 3 nitrogen and oxygen atoms in total. The normalized spacial score (nSPS) is 11.7. The van der Waals surface area contributed by atoms with Gasteiger partial charge in [-0.05, 0) is 42.5 Å². The number of nitrogens with zero attached hydrogens (tertiary/aromatic N) is 3. The number of rotatable bonds is 4. The van der Waals surface area contributed by atoms with Crippen LogP contribution < -0.4 is 0 Å². The molecule has 0 amide bonds. The Bertz CT molecular complexity index is 2290. The topological polar surface area (TPSA) is 30.7 Å². The number of benzene rings is 5. The first-order chi connectivity index (χ1) is 21.3. The molecule has 9 aromatic rings. The first-order valence-corrected chi connectivity index (χ1v) is 15.9. The van der Waals surface area contributed by atoms with Crippen LogP contribution in [0.5, 0.6) is 0 Å². The van der Waals surface area contributed by atoms with Crippen molar-refractivity contribution in [1.29, 1.82) is 0 Å². The van der Waals surface area contributed by atoms with Gasteiger partial charge in [-0.3, -0.25) is 0 Å². The molecule has 0 atom stereocenters. The monoisotopic (exact) mass is 585 g/mol. The molecule has 0 radical (unpaired) electrons. The van der Waals surface area contributed by atoms with Crippen LogP contribution in [0.3, 0.4) is 0 Å².